The molecular weight excluding hydrogens is 282 g/mol. The van der Waals surface area contributed by atoms with Gasteiger partial charge in [0.25, 0.3) is 5.91 Å². The molecule has 0 heterocycles. The summed E-state index contributed by atoms with van der Waals surface area (Å²) in [5, 5.41) is 2.94. The van der Waals surface area contributed by atoms with E-state index in [0.717, 1.165) is 31.2 Å². The SMILES string of the molecule is NC(=O)COc1cccc(CNC(=O)C2CCCC(N)C2)c1. The molecule has 22 heavy (non-hydrogen) atoms. The Hall–Kier alpha value is -2.08. The van der Waals surface area contributed by atoms with Crippen molar-refractivity contribution < 1.29 is 14.3 Å². The van der Waals surface area contributed by atoms with Crippen LogP contribution in [0.4, 0.5) is 0 Å². The van der Waals surface area contributed by atoms with Crippen molar-refractivity contribution in [3.63, 3.8) is 0 Å². The molecule has 120 valence electrons. The van der Waals surface area contributed by atoms with E-state index >= 15 is 0 Å². The molecule has 1 aliphatic rings. The van der Waals surface area contributed by atoms with Gasteiger partial charge in [-0.05, 0) is 37.0 Å². The Morgan fingerprint density at radius 1 is 1.32 bits per heavy atom. The van der Waals surface area contributed by atoms with Crippen molar-refractivity contribution in [2.45, 2.75) is 38.3 Å². The van der Waals surface area contributed by atoms with Crippen LogP contribution < -0.4 is 21.5 Å². The Balaban J connectivity index is 1.84. The number of hydrogen-bond donors (Lipinski definition) is 3. The number of benzene rings is 1. The molecule has 2 unspecified atom stereocenters. The summed E-state index contributed by atoms with van der Waals surface area (Å²) in [5.74, 6) is 0.106. The van der Waals surface area contributed by atoms with Crippen LogP contribution in [-0.4, -0.2) is 24.5 Å². The van der Waals surface area contributed by atoms with Crippen molar-refractivity contribution in [2.24, 2.45) is 17.4 Å². The predicted molar refractivity (Wildman–Crippen MR) is 82.9 cm³/mol. The first-order chi connectivity index (χ1) is 10.5. The zero-order valence-electron chi connectivity index (χ0n) is 12.6. The molecular formula is C16H23N3O3. The average molecular weight is 305 g/mol. The summed E-state index contributed by atoms with van der Waals surface area (Å²) in [4.78, 5) is 22.9. The van der Waals surface area contributed by atoms with E-state index in [0.29, 0.717) is 12.3 Å². The lowest BCUT2D eigenvalue weighted by atomic mass is 9.85. The Bertz CT molecular complexity index is 533. The molecule has 0 spiro atoms. The maximum Gasteiger partial charge on any atom is 0.255 e. The molecule has 0 radical (unpaired) electrons. The highest BCUT2D eigenvalue weighted by Gasteiger charge is 2.24. The zero-order chi connectivity index (χ0) is 15.9. The van der Waals surface area contributed by atoms with Crippen LogP contribution in [0, 0.1) is 5.92 Å². The van der Waals surface area contributed by atoms with E-state index in [4.69, 9.17) is 16.2 Å². The van der Waals surface area contributed by atoms with Crippen LogP contribution >= 0.6 is 0 Å². The van der Waals surface area contributed by atoms with E-state index in [9.17, 15) is 9.59 Å². The minimum absolute atomic E-state index is 0.0121. The van der Waals surface area contributed by atoms with Crippen molar-refractivity contribution >= 4 is 11.8 Å². The van der Waals surface area contributed by atoms with Crippen molar-refractivity contribution in [2.75, 3.05) is 6.61 Å². The second-order valence-electron chi connectivity index (χ2n) is 5.74. The topological polar surface area (TPSA) is 107 Å². The van der Waals surface area contributed by atoms with Gasteiger partial charge < -0.3 is 21.5 Å². The average Bonchev–Trinajstić information content (AvgIpc) is 2.51. The first-order valence-corrected chi connectivity index (χ1v) is 7.58. The quantitative estimate of drug-likeness (QED) is 0.718. The Morgan fingerprint density at radius 2 is 2.14 bits per heavy atom. The van der Waals surface area contributed by atoms with Crippen LogP contribution in [0.1, 0.15) is 31.2 Å². The number of rotatable bonds is 6. The molecule has 1 aliphatic carbocycles. The highest BCUT2D eigenvalue weighted by molar-refractivity contribution is 5.78. The second-order valence-corrected chi connectivity index (χ2v) is 5.74. The highest BCUT2D eigenvalue weighted by Crippen LogP contribution is 2.23. The number of amides is 2. The molecule has 2 amide bonds. The van der Waals surface area contributed by atoms with Gasteiger partial charge in [0.1, 0.15) is 5.75 Å². The summed E-state index contributed by atoms with van der Waals surface area (Å²) >= 11 is 0. The Morgan fingerprint density at radius 3 is 2.86 bits per heavy atom. The molecule has 0 aromatic heterocycles. The molecule has 0 saturated heterocycles. The molecule has 2 atom stereocenters. The third-order valence-corrected chi connectivity index (χ3v) is 3.83. The van der Waals surface area contributed by atoms with Crippen molar-refractivity contribution in [1.29, 1.82) is 0 Å². The first-order valence-electron chi connectivity index (χ1n) is 7.58. The standard InChI is InChI=1S/C16H23N3O3/c17-13-5-2-4-12(8-13)16(21)19-9-11-3-1-6-14(7-11)22-10-15(18)20/h1,3,6-7,12-13H,2,4-5,8-10,17H2,(H2,18,20)(H,19,21). The maximum atomic E-state index is 12.2. The van der Waals surface area contributed by atoms with Gasteiger partial charge in [-0.25, -0.2) is 0 Å². The first kappa shape index (κ1) is 16.3. The van der Waals surface area contributed by atoms with E-state index in [1.54, 1.807) is 12.1 Å². The van der Waals surface area contributed by atoms with Crippen LogP contribution in [0.5, 0.6) is 5.75 Å². The molecule has 1 aromatic carbocycles. The van der Waals surface area contributed by atoms with Gasteiger partial charge in [-0.1, -0.05) is 18.6 Å². The number of nitrogens with two attached hydrogens (primary N) is 2. The zero-order valence-corrected chi connectivity index (χ0v) is 12.6. The fraction of sp³-hybridized carbons (Fsp3) is 0.500. The summed E-state index contributed by atoms with van der Waals surface area (Å²) in [5.41, 5.74) is 11.9. The lowest BCUT2D eigenvalue weighted by Crippen LogP contribution is -2.37. The second kappa shape index (κ2) is 7.79. The fourth-order valence-corrected chi connectivity index (χ4v) is 2.70. The van der Waals surface area contributed by atoms with Gasteiger partial charge in [-0.15, -0.1) is 0 Å². The number of carbonyl (C=O) groups is 2. The number of carbonyl (C=O) groups excluding carboxylic acids is 2. The number of nitrogens with one attached hydrogen (secondary N) is 1. The lowest BCUT2D eigenvalue weighted by Gasteiger charge is -2.25. The lowest BCUT2D eigenvalue weighted by molar-refractivity contribution is -0.126. The minimum Gasteiger partial charge on any atom is -0.484 e. The van der Waals surface area contributed by atoms with Crippen molar-refractivity contribution in [1.82, 2.24) is 5.32 Å². The summed E-state index contributed by atoms with van der Waals surface area (Å²) in [6.07, 6.45) is 3.67. The molecule has 0 bridgehead atoms. The maximum absolute atomic E-state index is 12.2. The minimum atomic E-state index is -0.521. The van der Waals surface area contributed by atoms with Crippen molar-refractivity contribution in [3.8, 4) is 5.75 Å². The summed E-state index contributed by atoms with van der Waals surface area (Å²) in [6.45, 7) is 0.272. The molecule has 1 fully saturated rings. The number of ether oxygens (including phenoxy) is 1. The van der Waals surface area contributed by atoms with Gasteiger partial charge in [0.05, 0.1) is 0 Å². The smallest absolute Gasteiger partial charge is 0.255 e. The highest BCUT2D eigenvalue weighted by atomic mass is 16.5. The van der Waals surface area contributed by atoms with Crippen LogP contribution in [0.2, 0.25) is 0 Å². The van der Waals surface area contributed by atoms with Gasteiger partial charge in [0.2, 0.25) is 5.91 Å². The molecule has 1 aromatic rings. The number of primary amides is 1. The summed E-state index contributed by atoms with van der Waals surface area (Å²) < 4.78 is 5.24. The van der Waals surface area contributed by atoms with E-state index < -0.39 is 5.91 Å². The van der Waals surface area contributed by atoms with Gasteiger partial charge in [-0.3, -0.25) is 9.59 Å². The van der Waals surface area contributed by atoms with Gasteiger partial charge in [-0.2, -0.15) is 0 Å². The van der Waals surface area contributed by atoms with Crippen LogP contribution in [0.25, 0.3) is 0 Å². The van der Waals surface area contributed by atoms with Gasteiger partial charge in [0, 0.05) is 18.5 Å². The summed E-state index contributed by atoms with van der Waals surface area (Å²) in [6, 6.07) is 7.37. The Kier molecular flexibility index (Phi) is 5.77. The third kappa shape index (κ3) is 5.04. The van der Waals surface area contributed by atoms with Gasteiger partial charge in [0.15, 0.2) is 6.61 Å². The third-order valence-electron chi connectivity index (χ3n) is 3.83. The predicted octanol–water partition coefficient (Wildman–Crippen LogP) is 0.684. The molecule has 6 nitrogen and oxygen atoms in total. The van der Waals surface area contributed by atoms with Gasteiger partial charge >= 0.3 is 0 Å². The molecule has 6 heteroatoms. The molecule has 1 saturated carbocycles. The molecule has 0 aliphatic heterocycles. The largest absolute Gasteiger partial charge is 0.484 e. The van der Waals surface area contributed by atoms with E-state index in [2.05, 4.69) is 5.32 Å². The van der Waals surface area contributed by atoms with Crippen LogP contribution in [0.3, 0.4) is 0 Å². The Labute approximate surface area is 130 Å². The number of hydrogen-bond acceptors (Lipinski definition) is 4. The van der Waals surface area contributed by atoms with Crippen LogP contribution in [0.15, 0.2) is 24.3 Å². The van der Waals surface area contributed by atoms with E-state index in [1.807, 2.05) is 12.1 Å². The molecule has 2 rings (SSSR count). The van der Waals surface area contributed by atoms with Crippen LogP contribution in [-0.2, 0) is 16.1 Å². The summed E-state index contributed by atoms with van der Waals surface area (Å²) in [7, 11) is 0. The normalized spacial score (nSPS) is 21.1. The fourth-order valence-electron chi connectivity index (χ4n) is 2.70. The van der Waals surface area contributed by atoms with E-state index in [1.165, 1.54) is 0 Å². The monoisotopic (exact) mass is 305 g/mol. The van der Waals surface area contributed by atoms with E-state index in [-0.39, 0.29) is 24.5 Å². The van der Waals surface area contributed by atoms with Crippen molar-refractivity contribution in [3.05, 3.63) is 29.8 Å². The molecule has 5 N–H and O–H groups in total.